The number of carbonyl (C=O) groups is 1. The van der Waals surface area contributed by atoms with Gasteiger partial charge in [-0.25, -0.2) is 9.67 Å². The Morgan fingerprint density at radius 3 is 2.45 bits per heavy atom. The van der Waals surface area contributed by atoms with Gasteiger partial charge in [0.15, 0.2) is 5.82 Å². The first kappa shape index (κ1) is 21.0. The molecule has 0 saturated carbocycles. The van der Waals surface area contributed by atoms with E-state index in [1.807, 2.05) is 65.6 Å². The zero-order valence-corrected chi connectivity index (χ0v) is 17.3. The highest BCUT2D eigenvalue weighted by atomic mass is 35.5. The molecule has 6 nitrogen and oxygen atoms in total. The first-order valence-corrected chi connectivity index (χ1v) is 9.87. The minimum absolute atomic E-state index is 0. The van der Waals surface area contributed by atoms with E-state index in [9.17, 15) is 4.79 Å². The van der Waals surface area contributed by atoms with Crippen molar-refractivity contribution in [2.45, 2.75) is 25.8 Å². The Morgan fingerprint density at radius 1 is 1.14 bits per heavy atom. The van der Waals surface area contributed by atoms with Gasteiger partial charge < -0.3 is 10.2 Å². The minimum atomic E-state index is -0.0950. The summed E-state index contributed by atoms with van der Waals surface area (Å²) in [5.74, 6) is 0.835. The van der Waals surface area contributed by atoms with Gasteiger partial charge in [0.05, 0.1) is 5.69 Å². The van der Waals surface area contributed by atoms with Gasteiger partial charge in [0, 0.05) is 24.7 Å². The van der Waals surface area contributed by atoms with Crippen LogP contribution in [0.4, 0.5) is 0 Å². The number of para-hydroxylation sites is 1. The summed E-state index contributed by atoms with van der Waals surface area (Å²) in [6.07, 6.45) is 1.88. The number of hydrogen-bond donors (Lipinski definition) is 1. The van der Waals surface area contributed by atoms with Crippen LogP contribution in [-0.2, 0) is 0 Å². The van der Waals surface area contributed by atoms with Gasteiger partial charge >= 0.3 is 0 Å². The monoisotopic (exact) mass is 411 g/mol. The summed E-state index contributed by atoms with van der Waals surface area (Å²) in [6.45, 7) is 4.58. The molecule has 2 aromatic carbocycles. The quantitative estimate of drug-likeness (QED) is 0.673. The topological polar surface area (TPSA) is 63.1 Å². The lowest BCUT2D eigenvalue weighted by Gasteiger charge is -2.26. The molecular formula is C22H26ClN5O. The number of amides is 1. The van der Waals surface area contributed by atoms with E-state index in [1.54, 1.807) is 4.68 Å². The van der Waals surface area contributed by atoms with Gasteiger partial charge in [0.1, 0.15) is 0 Å². The van der Waals surface area contributed by atoms with Crippen molar-refractivity contribution in [2.75, 3.05) is 19.6 Å². The molecule has 1 aliphatic rings. The van der Waals surface area contributed by atoms with Crippen molar-refractivity contribution in [3.8, 4) is 17.1 Å². The Morgan fingerprint density at radius 2 is 1.83 bits per heavy atom. The minimum Gasteiger partial charge on any atom is -0.332 e. The highest BCUT2D eigenvalue weighted by Crippen LogP contribution is 2.22. The van der Waals surface area contributed by atoms with Gasteiger partial charge in [-0.1, -0.05) is 55.5 Å². The average Bonchev–Trinajstić information content (AvgIpc) is 3.43. The van der Waals surface area contributed by atoms with Crippen LogP contribution in [0.2, 0.25) is 0 Å². The molecule has 1 aromatic heterocycles. The molecule has 3 aromatic rings. The molecule has 1 aliphatic heterocycles. The van der Waals surface area contributed by atoms with E-state index >= 15 is 0 Å². The molecule has 4 rings (SSSR count). The zero-order chi connectivity index (χ0) is 19.3. The molecular weight excluding hydrogens is 386 g/mol. The molecule has 0 spiro atoms. The number of halogens is 1. The third-order valence-electron chi connectivity index (χ3n) is 5.03. The maximum Gasteiger partial charge on any atom is 0.293 e. The van der Waals surface area contributed by atoms with Crippen molar-refractivity contribution in [1.82, 2.24) is 25.0 Å². The zero-order valence-electron chi connectivity index (χ0n) is 16.5. The van der Waals surface area contributed by atoms with Gasteiger partial charge in [0.25, 0.3) is 5.91 Å². The van der Waals surface area contributed by atoms with E-state index in [2.05, 4.69) is 22.3 Å². The number of carbonyl (C=O) groups excluding carboxylic acids is 1. The van der Waals surface area contributed by atoms with Crippen molar-refractivity contribution in [2.24, 2.45) is 0 Å². The number of rotatable bonds is 6. The van der Waals surface area contributed by atoms with Crippen LogP contribution in [0.1, 0.15) is 30.4 Å². The van der Waals surface area contributed by atoms with Gasteiger partial charge in [-0.15, -0.1) is 17.5 Å². The molecule has 1 atom stereocenters. The Bertz CT molecular complexity index is 866. The molecule has 7 heteroatoms. The van der Waals surface area contributed by atoms with Crippen molar-refractivity contribution in [1.29, 1.82) is 0 Å². The maximum atomic E-state index is 13.3. The second kappa shape index (κ2) is 9.67. The molecule has 1 saturated heterocycles. The number of aromatic nitrogens is 3. The van der Waals surface area contributed by atoms with E-state index in [4.69, 9.17) is 0 Å². The SMILES string of the molecule is CCCN(C(=O)c1nc(-c2ccccc2)n(-c2ccccc2)n1)C1CCNC1.Cl. The fraction of sp³-hybridized carbons (Fsp3) is 0.318. The molecule has 1 amide bonds. The third-order valence-corrected chi connectivity index (χ3v) is 5.03. The second-order valence-corrected chi connectivity index (χ2v) is 7.02. The van der Waals surface area contributed by atoms with E-state index in [0.717, 1.165) is 37.2 Å². The Kier molecular flexibility index (Phi) is 7.01. The van der Waals surface area contributed by atoms with Crippen LogP contribution in [0.5, 0.6) is 0 Å². The van der Waals surface area contributed by atoms with Crippen LogP contribution < -0.4 is 5.32 Å². The molecule has 0 bridgehead atoms. The predicted octanol–water partition coefficient (Wildman–Crippen LogP) is 3.57. The van der Waals surface area contributed by atoms with Gasteiger partial charge in [-0.05, 0) is 31.5 Å². The molecule has 0 aliphatic carbocycles. The first-order valence-electron chi connectivity index (χ1n) is 9.87. The predicted molar refractivity (Wildman–Crippen MR) is 117 cm³/mol. The number of hydrogen-bond acceptors (Lipinski definition) is 4. The summed E-state index contributed by atoms with van der Waals surface area (Å²) in [6, 6.07) is 19.9. The summed E-state index contributed by atoms with van der Waals surface area (Å²) in [5, 5.41) is 7.97. The van der Waals surface area contributed by atoms with Gasteiger partial charge in [0.2, 0.25) is 5.82 Å². The summed E-state index contributed by atoms with van der Waals surface area (Å²) < 4.78 is 1.76. The fourth-order valence-electron chi connectivity index (χ4n) is 3.65. The van der Waals surface area contributed by atoms with Crippen molar-refractivity contribution < 1.29 is 4.79 Å². The molecule has 29 heavy (non-hydrogen) atoms. The lowest BCUT2D eigenvalue weighted by Crippen LogP contribution is -2.42. The van der Waals surface area contributed by atoms with Crippen LogP contribution in [-0.4, -0.2) is 51.2 Å². The summed E-state index contributed by atoms with van der Waals surface area (Å²) >= 11 is 0. The number of benzene rings is 2. The first-order chi connectivity index (χ1) is 13.8. The average molecular weight is 412 g/mol. The van der Waals surface area contributed by atoms with E-state index in [1.165, 1.54) is 0 Å². The van der Waals surface area contributed by atoms with Crippen LogP contribution in [0, 0.1) is 0 Å². The van der Waals surface area contributed by atoms with Crippen LogP contribution in [0.3, 0.4) is 0 Å². The van der Waals surface area contributed by atoms with Crippen molar-refractivity contribution >= 4 is 18.3 Å². The maximum absolute atomic E-state index is 13.3. The van der Waals surface area contributed by atoms with E-state index in [-0.39, 0.29) is 30.2 Å². The van der Waals surface area contributed by atoms with Crippen molar-refractivity contribution in [3.63, 3.8) is 0 Å². The summed E-state index contributed by atoms with van der Waals surface area (Å²) in [4.78, 5) is 19.9. The van der Waals surface area contributed by atoms with Crippen LogP contribution >= 0.6 is 12.4 Å². The number of nitrogens with zero attached hydrogens (tertiary/aromatic N) is 4. The highest BCUT2D eigenvalue weighted by Gasteiger charge is 2.30. The molecule has 1 N–H and O–H groups in total. The second-order valence-electron chi connectivity index (χ2n) is 7.02. The van der Waals surface area contributed by atoms with Crippen LogP contribution in [0.15, 0.2) is 60.7 Å². The summed E-state index contributed by atoms with van der Waals surface area (Å²) in [5.41, 5.74) is 1.82. The smallest absolute Gasteiger partial charge is 0.293 e. The Balaban J connectivity index is 0.00000240. The molecule has 152 valence electrons. The summed E-state index contributed by atoms with van der Waals surface area (Å²) in [7, 11) is 0. The molecule has 0 radical (unpaired) electrons. The molecule has 1 fully saturated rings. The van der Waals surface area contributed by atoms with Gasteiger partial charge in [-0.3, -0.25) is 4.79 Å². The normalized spacial score (nSPS) is 15.7. The van der Waals surface area contributed by atoms with Crippen LogP contribution in [0.25, 0.3) is 17.1 Å². The highest BCUT2D eigenvalue weighted by molar-refractivity contribution is 5.91. The Hall–Kier alpha value is -2.70. The van der Waals surface area contributed by atoms with E-state index in [0.29, 0.717) is 12.4 Å². The number of nitrogens with one attached hydrogen (secondary N) is 1. The molecule has 2 heterocycles. The lowest BCUT2D eigenvalue weighted by atomic mass is 10.2. The third kappa shape index (κ3) is 4.49. The van der Waals surface area contributed by atoms with Crippen molar-refractivity contribution in [3.05, 3.63) is 66.5 Å². The largest absolute Gasteiger partial charge is 0.332 e. The standard InChI is InChI=1S/C22H25N5O.ClH/c1-2-15-26(19-13-14-23-16-19)22(28)20-24-21(17-9-5-3-6-10-17)27(25-20)18-11-7-4-8-12-18;/h3-12,19,23H,2,13-16H2,1H3;1H. The Labute approximate surface area is 177 Å². The molecule has 1 unspecified atom stereocenters. The lowest BCUT2D eigenvalue weighted by molar-refractivity contribution is 0.0679. The van der Waals surface area contributed by atoms with Gasteiger partial charge in [-0.2, -0.15) is 0 Å². The van der Waals surface area contributed by atoms with E-state index < -0.39 is 0 Å². The fourth-order valence-corrected chi connectivity index (χ4v) is 3.65.